The van der Waals surface area contributed by atoms with E-state index in [1.54, 1.807) is 12.1 Å². The molecular formula is C16H19FN4O2S. The zero-order valence-corrected chi connectivity index (χ0v) is 14.2. The molecule has 2 aromatic rings. The zero-order chi connectivity index (χ0) is 17.2. The van der Waals surface area contributed by atoms with E-state index in [0.29, 0.717) is 10.8 Å². The van der Waals surface area contributed by atoms with Gasteiger partial charge in [0.25, 0.3) is 0 Å². The number of anilines is 1. The Morgan fingerprint density at radius 1 is 1.04 bits per heavy atom. The summed E-state index contributed by atoms with van der Waals surface area (Å²) in [6.07, 6.45) is 3.56. The summed E-state index contributed by atoms with van der Waals surface area (Å²) in [6.45, 7) is 3.99. The topological polar surface area (TPSA) is 66.4 Å². The molecule has 1 aromatic heterocycles. The number of aromatic nitrogens is 2. The molecule has 2 heterocycles. The Bertz CT molecular complexity index is 786. The number of rotatable bonds is 4. The summed E-state index contributed by atoms with van der Waals surface area (Å²) < 4.78 is 35.8. The Morgan fingerprint density at radius 3 is 2.17 bits per heavy atom. The molecule has 128 valence electrons. The maximum Gasteiger partial charge on any atom is 0.225 e. The molecule has 1 saturated heterocycles. The highest BCUT2D eigenvalue weighted by molar-refractivity contribution is 7.90. The Hall–Kier alpha value is -2.06. The fourth-order valence-corrected chi connectivity index (χ4v) is 3.31. The van der Waals surface area contributed by atoms with E-state index in [9.17, 15) is 12.8 Å². The predicted octanol–water partition coefficient (Wildman–Crippen LogP) is 1.34. The first kappa shape index (κ1) is 16.8. The van der Waals surface area contributed by atoms with E-state index in [2.05, 4.69) is 14.9 Å². The third-order valence-corrected chi connectivity index (χ3v) is 5.15. The van der Waals surface area contributed by atoms with Gasteiger partial charge in [0, 0.05) is 39.0 Å². The molecule has 0 radical (unpaired) electrons. The molecule has 0 bridgehead atoms. The highest BCUT2D eigenvalue weighted by Crippen LogP contribution is 2.15. The van der Waals surface area contributed by atoms with Gasteiger partial charge in [-0.2, -0.15) is 0 Å². The summed E-state index contributed by atoms with van der Waals surface area (Å²) in [5.41, 5.74) is 1.08. The number of nitrogens with zero attached hydrogens (tertiary/aromatic N) is 4. The normalized spacial score (nSPS) is 16.3. The summed E-state index contributed by atoms with van der Waals surface area (Å²) >= 11 is 0. The molecule has 0 spiro atoms. The first-order valence-corrected chi connectivity index (χ1v) is 9.55. The smallest absolute Gasteiger partial charge is 0.225 e. The van der Waals surface area contributed by atoms with Gasteiger partial charge >= 0.3 is 0 Å². The third-order valence-electron chi connectivity index (χ3n) is 4.02. The Balaban J connectivity index is 1.56. The van der Waals surface area contributed by atoms with Crippen LogP contribution >= 0.6 is 0 Å². The van der Waals surface area contributed by atoms with Crippen molar-refractivity contribution in [1.82, 2.24) is 14.9 Å². The van der Waals surface area contributed by atoms with E-state index >= 15 is 0 Å². The van der Waals surface area contributed by atoms with Crippen LogP contribution in [0.5, 0.6) is 0 Å². The molecule has 1 aliphatic rings. The van der Waals surface area contributed by atoms with E-state index in [1.165, 1.54) is 18.6 Å². The van der Waals surface area contributed by atoms with E-state index in [0.717, 1.165) is 38.3 Å². The summed E-state index contributed by atoms with van der Waals surface area (Å²) in [4.78, 5) is 12.7. The molecule has 8 heteroatoms. The van der Waals surface area contributed by atoms with Crippen LogP contribution in [0.2, 0.25) is 0 Å². The molecule has 0 saturated carbocycles. The first-order chi connectivity index (χ1) is 11.4. The summed E-state index contributed by atoms with van der Waals surface area (Å²) in [7, 11) is -3.15. The Morgan fingerprint density at radius 2 is 1.62 bits per heavy atom. The van der Waals surface area contributed by atoms with Crippen LogP contribution in [0.15, 0.2) is 41.6 Å². The van der Waals surface area contributed by atoms with Crippen LogP contribution in [0, 0.1) is 5.82 Å². The third kappa shape index (κ3) is 4.07. The van der Waals surface area contributed by atoms with Gasteiger partial charge in [-0.15, -0.1) is 0 Å². The molecule has 1 aliphatic heterocycles. The van der Waals surface area contributed by atoms with Crippen molar-refractivity contribution in [2.75, 3.05) is 37.3 Å². The van der Waals surface area contributed by atoms with Gasteiger partial charge in [0.2, 0.25) is 5.95 Å². The van der Waals surface area contributed by atoms with Gasteiger partial charge < -0.3 is 4.90 Å². The molecule has 6 nitrogen and oxygen atoms in total. The van der Waals surface area contributed by atoms with E-state index in [-0.39, 0.29) is 0 Å². The lowest BCUT2D eigenvalue weighted by Gasteiger charge is -2.34. The molecule has 1 fully saturated rings. The van der Waals surface area contributed by atoms with Gasteiger partial charge in [-0.3, -0.25) is 4.90 Å². The van der Waals surface area contributed by atoms with Gasteiger partial charge in [-0.25, -0.2) is 22.8 Å². The molecule has 3 rings (SSSR count). The van der Waals surface area contributed by atoms with Crippen LogP contribution in [0.25, 0.3) is 0 Å². The predicted molar refractivity (Wildman–Crippen MR) is 89.0 cm³/mol. The van der Waals surface area contributed by atoms with E-state index in [1.807, 2.05) is 17.0 Å². The summed E-state index contributed by atoms with van der Waals surface area (Å²) in [5, 5.41) is 0. The molecule has 0 unspecified atom stereocenters. The van der Waals surface area contributed by atoms with Crippen molar-refractivity contribution in [2.24, 2.45) is 0 Å². The minimum absolute atomic E-state index is 0.338. The van der Waals surface area contributed by atoms with Crippen molar-refractivity contribution >= 4 is 15.8 Å². The van der Waals surface area contributed by atoms with E-state index in [4.69, 9.17) is 0 Å². The van der Waals surface area contributed by atoms with Gasteiger partial charge in [0.15, 0.2) is 15.7 Å². The van der Waals surface area contributed by atoms with Gasteiger partial charge in [-0.05, 0) is 17.7 Å². The minimum atomic E-state index is -3.15. The molecule has 0 amide bonds. The second-order valence-electron chi connectivity index (χ2n) is 5.88. The van der Waals surface area contributed by atoms with Crippen LogP contribution in [0.3, 0.4) is 0 Å². The second-order valence-corrected chi connectivity index (χ2v) is 7.90. The number of hydrogen-bond donors (Lipinski definition) is 0. The number of sulfone groups is 1. The highest BCUT2D eigenvalue weighted by atomic mass is 32.2. The number of benzene rings is 1. The summed E-state index contributed by atoms with van der Waals surface area (Å²) in [5.74, 6) is 0.114. The molecular weight excluding hydrogens is 331 g/mol. The molecule has 0 N–H and O–H groups in total. The van der Waals surface area contributed by atoms with Gasteiger partial charge in [0.1, 0.15) is 0 Å². The standard InChI is InChI=1S/C16H19FN4O2S/c1-24(22,23)15-4-2-13(3-5-15)12-20-6-8-21(9-7-20)16-18-10-14(17)11-19-16/h2-5,10-11H,6-9,12H2,1H3. The van der Waals surface area contributed by atoms with Crippen molar-refractivity contribution < 1.29 is 12.8 Å². The quantitative estimate of drug-likeness (QED) is 0.829. The maximum atomic E-state index is 12.9. The largest absolute Gasteiger partial charge is 0.338 e. The van der Waals surface area contributed by atoms with Crippen molar-refractivity contribution in [3.05, 3.63) is 48.0 Å². The van der Waals surface area contributed by atoms with Crippen molar-refractivity contribution in [3.63, 3.8) is 0 Å². The van der Waals surface area contributed by atoms with E-state index < -0.39 is 15.7 Å². The number of piperazine rings is 1. The van der Waals surface area contributed by atoms with Crippen LogP contribution in [0.4, 0.5) is 10.3 Å². The van der Waals surface area contributed by atoms with Gasteiger partial charge in [-0.1, -0.05) is 12.1 Å². The highest BCUT2D eigenvalue weighted by Gasteiger charge is 2.19. The Kier molecular flexibility index (Phi) is 4.77. The fourth-order valence-electron chi connectivity index (χ4n) is 2.68. The summed E-state index contributed by atoms with van der Waals surface area (Å²) in [6, 6.07) is 7.00. The lowest BCUT2D eigenvalue weighted by Crippen LogP contribution is -2.46. The van der Waals surface area contributed by atoms with Crippen molar-refractivity contribution in [3.8, 4) is 0 Å². The molecule has 1 aromatic carbocycles. The average Bonchev–Trinajstić information content (AvgIpc) is 2.56. The lowest BCUT2D eigenvalue weighted by atomic mass is 10.2. The van der Waals surface area contributed by atoms with Crippen LogP contribution in [-0.2, 0) is 16.4 Å². The zero-order valence-electron chi connectivity index (χ0n) is 13.4. The number of halogens is 1. The molecule has 0 aliphatic carbocycles. The van der Waals surface area contributed by atoms with Crippen molar-refractivity contribution in [1.29, 1.82) is 0 Å². The maximum absolute atomic E-state index is 12.9. The van der Waals surface area contributed by atoms with Crippen LogP contribution in [-0.4, -0.2) is 55.7 Å². The molecule has 0 atom stereocenters. The fraction of sp³-hybridized carbons (Fsp3) is 0.375. The number of hydrogen-bond acceptors (Lipinski definition) is 6. The molecule has 24 heavy (non-hydrogen) atoms. The minimum Gasteiger partial charge on any atom is -0.338 e. The first-order valence-electron chi connectivity index (χ1n) is 7.66. The SMILES string of the molecule is CS(=O)(=O)c1ccc(CN2CCN(c3ncc(F)cn3)CC2)cc1. The van der Waals surface area contributed by atoms with Crippen molar-refractivity contribution in [2.45, 2.75) is 11.4 Å². The van der Waals surface area contributed by atoms with Gasteiger partial charge in [0.05, 0.1) is 17.3 Å². The monoisotopic (exact) mass is 350 g/mol. The average molecular weight is 350 g/mol. The van der Waals surface area contributed by atoms with Crippen LogP contribution in [0.1, 0.15) is 5.56 Å². The second kappa shape index (κ2) is 6.82. The lowest BCUT2D eigenvalue weighted by molar-refractivity contribution is 0.248. The Labute approximate surface area is 140 Å². The van der Waals surface area contributed by atoms with Crippen LogP contribution < -0.4 is 4.90 Å².